The van der Waals surface area contributed by atoms with Gasteiger partial charge in [0, 0.05) is 31.5 Å². The first kappa shape index (κ1) is 15.0. The number of hydrogen-bond acceptors (Lipinski definition) is 4. The molecule has 1 N–H and O–H groups in total. The van der Waals surface area contributed by atoms with Crippen LogP contribution < -0.4 is 15.8 Å². The predicted molar refractivity (Wildman–Crippen MR) is 82.2 cm³/mol. The molecule has 1 unspecified atom stereocenters. The zero-order valence-corrected chi connectivity index (χ0v) is 12.8. The molecule has 112 valence electrons. The van der Waals surface area contributed by atoms with Crippen LogP contribution in [0.4, 0.5) is 5.82 Å². The lowest BCUT2D eigenvalue weighted by Gasteiger charge is -2.33. The summed E-state index contributed by atoms with van der Waals surface area (Å²) in [6.07, 6.45) is 5.93. The van der Waals surface area contributed by atoms with Crippen molar-refractivity contribution in [3.05, 3.63) is 22.7 Å². The third-order valence-electron chi connectivity index (χ3n) is 3.99. The molecule has 0 saturated carbocycles. The van der Waals surface area contributed by atoms with Gasteiger partial charge in [0.2, 0.25) is 0 Å². The Morgan fingerprint density at radius 3 is 2.95 bits per heavy atom. The lowest BCUT2D eigenvalue weighted by Crippen LogP contribution is -2.44. The third kappa shape index (κ3) is 3.39. The molecule has 20 heavy (non-hydrogen) atoms. The van der Waals surface area contributed by atoms with Gasteiger partial charge in [0.05, 0.1) is 0 Å². The van der Waals surface area contributed by atoms with Crippen molar-refractivity contribution in [2.24, 2.45) is 5.92 Å². The second kappa shape index (κ2) is 6.88. The van der Waals surface area contributed by atoms with Gasteiger partial charge in [-0.25, -0.2) is 4.98 Å². The molecule has 0 spiro atoms. The van der Waals surface area contributed by atoms with Gasteiger partial charge >= 0.3 is 0 Å². The van der Waals surface area contributed by atoms with Crippen LogP contribution in [-0.2, 0) is 6.54 Å². The first-order valence-corrected chi connectivity index (χ1v) is 7.66. The summed E-state index contributed by atoms with van der Waals surface area (Å²) in [6, 6.07) is 0.282. The summed E-state index contributed by atoms with van der Waals surface area (Å²) in [6.45, 7) is 9.98. The van der Waals surface area contributed by atoms with E-state index in [0.717, 1.165) is 19.6 Å². The molecule has 0 aromatic carbocycles. The Labute approximate surface area is 121 Å². The van der Waals surface area contributed by atoms with Crippen LogP contribution in [-0.4, -0.2) is 35.2 Å². The fourth-order valence-corrected chi connectivity index (χ4v) is 2.78. The molecule has 0 aliphatic carbocycles. The van der Waals surface area contributed by atoms with Crippen LogP contribution in [0.1, 0.15) is 33.6 Å². The minimum absolute atomic E-state index is 0.0208. The van der Waals surface area contributed by atoms with Crippen molar-refractivity contribution in [1.82, 2.24) is 14.9 Å². The number of nitrogens with zero attached hydrogens (tertiary/aromatic N) is 3. The molecule has 1 fully saturated rings. The van der Waals surface area contributed by atoms with E-state index in [9.17, 15) is 4.79 Å². The van der Waals surface area contributed by atoms with Crippen LogP contribution in [0.15, 0.2) is 17.2 Å². The van der Waals surface area contributed by atoms with Crippen molar-refractivity contribution in [3.63, 3.8) is 0 Å². The molecule has 0 amide bonds. The first-order chi connectivity index (χ1) is 9.63. The van der Waals surface area contributed by atoms with E-state index in [2.05, 4.69) is 29.0 Å². The molecule has 1 aliphatic heterocycles. The number of aryl methyl sites for hydroxylation is 1. The first-order valence-electron chi connectivity index (χ1n) is 7.66. The Morgan fingerprint density at radius 1 is 1.55 bits per heavy atom. The molecule has 2 heterocycles. The molecule has 1 aliphatic rings. The highest BCUT2D eigenvalue weighted by Crippen LogP contribution is 2.16. The molecule has 1 aromatic rings. The van der Waals surface area contributed by atoms with E-state index in [1.165, 1.54) is 12.8 Å². The topological polar surface area (TPSA) is 50.2 Å². The zero-order valence-electron chi connectivity index (χ0n) is 12.8. The van der Waals surface area contributed by atoms with Crippen LogP contribution in [0, 0.1) is 5.92 Å². The summed E-state index contributed by atoms with van der Waals surface area (Å²) >= 11 is 0. The Morgan fingerprint density at radius 2 is 2.35 bits per heavy atom. The van der Waals surface area contributed by atoms with Gasteiger partial charge in [-0.3, -0.25) is 4.79 Å². The average molecular weight is 278 g/mol. The van der Waals surface area contributed by atoms with Gasteiger partial charge in [-0.2, -0.15) is 0 Å². The van der Waals surface area contributed by atoms with Gasteiger partial charge in [-0.15, -0.1) is 0 Å². The Balaban J connectivity index is 2.22. The van der Waals surface area contributed by atoms with Crippen molar-refractivity contribution < 1.29 is 0 Å². The molecule has 0 bridgehead atoms. The van der Waals surface area contributed by atoms with Crippen molar-refractivity contribution in [1.29, 1.82) is 0 Å². The summed E-state index contributed by atoms with van der Waals surface area (Å²) in [5, 5.41) is 3.44. The maximum absolute atomic E-state index is 12.4. The lowest BCUT2D eigenvalue weighted by molar-refractivity contribution is 0.369. The van der Waals surface area contributed by atoms with Crippen LogP contribution in [0.25, 0.3) is 0 Å². The quantitative estimate of drug-likeness (QED) is 0.886. The van der Waals surface area contributed by atoms with E-state index in [-0.39, 0.29) is 11.6 Å². The molecule has 2 rings (SSSR count). The Kier molecular flexibility index (Phi) is 5.17. The number of anilines is 1. The van der Waals surface area contributed by atoms with E-state index in [1.807, 2.05) is 6.92 Å². The normalized spacial score (nSPS) is 19.3. The lowest BCUT2D eigenvalue weighted by atomic mass is 9.98. The molecule has 5 heteroatoms. The van der Waals surface area contributed by atoms with E-state index in [1.54, 1.807) is 17.0 Å². The van der Waals surface area contributed by atoms with E-state index >= 15 is 0 Å². The van der Waals surface area contributed by atoms with Crippen LogP contribution in [0.2, 0.25) is 0 Å². The molecule has 1 saturated heterocycles. The Hall–Kier alpha value is -1.36. The fraction of sp³-hybridized carbons (Fsp3) is 0.733. The smallest absolute Gasteiger partial charge is 0.293 e. The predicted octanol–water partition coefficient (Wildman–Crippen LogP) is 1.48. The largest absolute Gasteiger partial charge is 0.349 e. The third-order valence-corrected chi connectivity index (χ3v) is 3.99. The van der Waals surface area contributed by atoms with Crippen molar-refractivity contribution in [2.45, 2.75) is 46.2 Å². The maximum atomic E-state index is 12.4. The molecular formula is C15H26N4O. The summed E-state index contributed by atoms with van der Waals surface area (Å²) in [4.78, 5) is 18.9. The van der Waals surface area contributed by atoms with Gasteiger partial charge in [-0.05, 0) is 52.6 Å². The van der Waals surface area contributed by atoms with Crippen LogP contribution in [0.5, 0.6) is 0 Å². The number of aromatic nitrogens is 2. The van der Waals surface area contributed by atoms with Gasteiger partial charge in [-0.1, -0.05) is 0 Å². The fourth-order valence-electron chi connectivity index (χ4n) is 2.78. The van der Waals surface area contributed by atoms with E-state index in [0.29, 0.717) is 18.3 Å². The summed E-state index contributed by atoms with van der Waals surface area (Å²) in [7, 11) is 0. The highest BCUT2D eigenvalue weighted by atomic mass is 16.1. The maximum Gasteiger partial charge on any atom is 0.293 e. The van der Waals surface area contributed by atoms with Gasteiger partial charge < -0.3 is 14.8 Å². The van der Waals surface area contributed by atoms with Gasteiger partial charge in [0.25, 0.3) is 5.56 Å². The highest BCUT2D eigenvalue weighted by Gasteiger charge is 2.22. The van der Waals surface area contributed by atoms with Crippen LogP contribution >= 0.6 is 0 Å². The minimum atomic E-state index is 0.0208. The average Bonchev–Trinajstić information content (AvgIpc) is 2.46. The van der Waals surface area contributed by atoms with Crippen molar-refractivity contribution >= 4 is 5.82 Å². The van der Waals surface area contributed by atoms with E-state index < -0.39 is 0 Å². The highest BCUT2D eigenvalue weighted by molar-refractivity contribution is 5.37. The van der Waals surface area contributed by atoms with E-state index in [4.69, 9.17) is 0 Å². The standard InChI is InChI=1S/C15H26N4O/c1-4-18-9-8-17-14(15(18)20)19(12(2)3)11-13-6-5-7-16-10-13/h8-9,12-13,16H,4-7,10-11H2,1-3H3. The molecule has 1 atom stereocenters. The second-order valence-electron chi connectivity index (χ2n) is 5.80. The van der Waals surface area contributed by atoms with Crippen LogP contribution in [0.3, 0.4) is 0 Å². The summed E-state index contributed by atoms with van der Waals surface area (Å²) in [5.74, 6) is 1.19. The molecule has 1 aromatic heterocycles. The molecular weight excluding hydrogens is 252 g/mol. The number of rotatable bonds is 5. The van der Waals surface area contributed by atoms with Gasteiger partial charge in [0.1, 0.15) is 0 Å². The van der Waals surface area contributed by atoms with Gasteiger partial charge in [0.15, 0.2) is 5.82 Å². The van der Waals surface area contributed by atoms with Crippen molar-refractivity contribution in [2.75, 3.05) is 24.5 Å². The van der Waals surface area contributed by atoms with Crippen molar-refractivity contribution in [3.8, 4) is 0 Å². The molecule has 5 nitrogen and oxygen atoms in total. The zero-order chi connectivity index (χ0) is 14.5. The summed E-state index contributed by atoms with van der Waals surface area (Å²) < 4.78 is 1.72. The second-order valence-corrected chi connectivity index (χ2v) is 5.80. The number of piperidine rings is 1. The molecule has 0 radical (unpaired) electrons. The monoisotopic (exact) mass is 278 g/mol. The Bertz CT molecular complexity index is 477. The number of nitrogens with one attached hydrogen (secondary N) is 1. The summed E-state index contributed by atoms with van der Waals surface area (Å²) in [5.41, 5.74) is 0.0208. The SMILES string of the molecule is CCn1ccnc(N(CC2CCCNC2)C(C)C)c1=O. The minimum Gasteiger partial charge on any atom is -0.349 e. The number of hydrogen-bond donors (Lipinski definition) is 1.